The average Bonchev–Trinajstić information content (AvgIpc) is 2.99. The molecule has 23 heavy (non-hydrogen) atoms. The number of rotatable bonds is 6. The van der Waals surface area contributed by atoms with E-state index in [0.29, 0.717) is 6.42 Å². The van der Waals surface area contributed by atoms with E-state index in [1.807, 2.05) is 41.8 Å². The Hall–Kier alpha value is -2.34. The molecule has 5 nitrogen and oxygen atoms in total. The van der Waals surface area contributed by atoms with E-state index in [-0.39, 0.29) is 12.5 Å². The van der Waals surface area contributed by atoms with Crippen molar-refractivity contribution in [1.29, 1.82) is 0 Å². The molecule has 0 unspecified atom stereocenters. The molecule has 0 radical (unpaired) electrons. The molecule has 1 aromatic carbocycles. The lowest BCUT2D eigenvalue weighted by atomic mass is 9.99. The smallest absolute Gasteiger partial charge is 0.319 e. The first kappa shape index (κ1) is 17.0. The second kappa shape index (κ2) is 7.28. The molecule has 3 N–H and O–H groups in total. The van der Waals surface area contributed by atoms with Crippen molar-refractivity contribution in [2.45, 2.75) is 32.2 Å². The number of aliphatic carboxylic acids is 1. The first-order valence-electron chi connectivity index (χ1n) is 7.31. The van der Waals surface area contributed by atoms with Gasteiger partial charge in [0, 0.05) is 22.4 Å². The minimum atomic E-state index is -0.872. The van der Waals surface area contributed by atoms with Crippen LogP contribution in [0.25, 0.3) is 10.4 Å². The maximum absolute atomic E-state index is 12.2. The Kier molecular flexibility index (Phi) is 5.39. The van der Waals surface area contributed by atoms with Crippen LogP contribution in [-0.2, 0) is 4.79 Å². The molecule has 2 rings (SSSR count). The summed E-state index contributed by atoms with van der Waals surface area (Å²) in [4.78, 5) is 24.0. The van der Waals surface area contributed by atoms with Gasteiger partial charge in [-0.1, -0.05) is 24.3 Å². The maximum atomic E-state index is 12.2. The first-order valence-corrected chi connectivity index (χ1v) is 8.19. The quantitative estimate of drug-likeness (QED) is 0.742. The number of anilines is 1. The number of benzene rings is 1. The van der Waals surface area contributed by atoms with Gasteiger partial charge in [0.05, 0.1) is 5.69 Å². The molecule has 1 heterocycles. The van der Waals surface area contributed by atoms with Crippen molar-refractivity contribution in [3.05, 3.63) is 41.8 Å². The Morgan fingerprint density at radius 2 is 1.91 bits per heavy atom. The number of urea groups is 1. The number of carbonyl (C=O) groups excluding carboxylic acids is 1. The summed E-state index contributed by atoms with van der Waals surface area (Å²) >= 11 is 1.60. The summed E-state index contributed by atoms with van der Waals surface area (Å²) in [6.07, 6.45) is 0.376. The molecule has 0 fully saturated rings. The zero-order valence-corrected chi connectivity index (χ0v) is 13.9. The maximum Gasteiger partial charge on any atom is 0.319 e. The van der Waals surface area contributed by atoms with Gasteiger partial charge in [0.15, 0.2) is 0 Å². The molecular formula is C17H20N2O3S. The van der Waals surface area contributed by atoms with Crippen LogP contribution in [0, 0.1) is 0 Å². The Morgan fingerprint density at radius 1 is 1.17 bits per heavy atom. The predicted octanol–water partition coefficient (Wildman–Crippen LogP) is 4.18. The number of hydrogen-bond donors (Lipinski definition) is 3. The van der Waals surface area contributed by atoms with Gasteiger partial charge in [0.25, 0.3) is 0 Å². The third-order valence-electron chi connectivity index (χ3n) is 3.38. The topological polar surface area (TPSA) is 78.4 Å². The van der Waals surface area contributed by atoms with Crippen LogP contribution >= 0.6 is 11.3 Å². The Balaban J connectivity index is 2.05. The number of carboxylic acids is 1. The van der Waals surface area contributed by atoms with E-state index in [1.54, 1.807) is 25.2 Å². The molecule has 1 aromatic heterocycles. The fourth-order valence-corrected chi connectivity index (χ4v) is 2.95. The average molecular weight is 332 g/mol. The molecule has 0 saturated carbocycles. The number of carbonyl (C=O) groups is 2. The number of para-hydroxylation sites is 1. The van der Waals surface area contributed by atoms with Crippen LogP contribution < -0.4 is 10.6 Å². The Labute approximate surface area is 139 Å². The molecule has 0 spiro atoms. The normalized spacial score (nSPS) is 11.0. The molecule has 2 amide bonds. The minimum absolute atomic E-state index is 0.0130. The summed E-state index contributed by atoms with van der Waals surface area (Å²) in [7, 11) is 0. The Bertz CT molecular complexity index is 681. The van der Waals surface area contributed by atoms with Crippen molar-refractivity contribution >= 4 is 29.0 Å². The summed E-state index contributed by atoms with van der Waals surface area (Å²) in [6.45, 7) is 3.61. The second-order valence-corrected chi connectivity index (χ2v) is 6.83. The number of thiophene rings is 1. The molecule has 6 heteroatoms. The van der Waals surface area contributed by atoms with E-state index in [9.17, 15) is 9.59 Å². The second-order valence-electron chi connectivity index (χ2n) is 5.88. The van der Waals surface area contributed by atoms with Crippen LogP contribution in [0.3, 0.4) is 0 Å². The highest BCUT2D eigenvalue weighted by Crippen LogP contribution is 2.31. The zero-order valence-electron chi connectivity index (χ0n) is 13.1. The van der Waals surface area contributed by atoms with Gasteiger partial charge < -0.3 is 15.7 Å². The lowest BCUT2D eigenvalue weighted by Gasteiger charge is -2.26. The van der Waals surface area contributed by atoms with Gasteiger partial charge in [-0.3, -0.25) is 4.79 Å². The van der Waals surface area contributed by atoms with E-state index in [1.165, 1.54) is 0 Å². The molecule has 0 aliphatic heterocycles. The summed E-state index contributed by atoms with van der Waals surface area (Å²) in [5, 5.41) is 16.4. The van der Waals surface area contributed by atoms with Crippen molar-refractivity contribution in [2.75, 3.05) is 5.32 Å². The van der Waals surface area contributed by atoms with Crippen molar-refractivity contribution < 1.29 is 14.7 Å². The molecule has 0 atom stereocenters. The van der Waals surface area contributed by atoms with Crippen LogP contribution in [0.5, 0.6) is 0 Å². The Morgan fingerprint density at radius 3 is 2.57 bits per heavy atom. The van der Waals surface area contributed by atoms with Gasteiger partial charge in [-0.2, -0.15) is 0 Å². The van der Waals surface area contributed by atoms with Gasteiger partial charge in [0.2, 0.25) is 0 Å². The van der Waals surface area contributed by atoms with E-state index in [2.05, 4.69) is 10.6 Å². The van der Waals surface area contributed by atoms with E-state index in [4.69, 9.17) is 5.11 Å². The first-order chi connectivity index (χ1) is 10.9. The van der Waals surface area contributed by atoms with Gasteiger partial charge in [0.1, 0.15) is 0 Å². The van der Waals surface area contributed by atoms with Crippen LogP contribution in [0.4, 0.5) is 10.5 Å². The molecule has 122 valence electrons. The predicted molar refractivity (Wildman–Crippen MR) is 92.9 cm³/mol. The highest BCUT2D eigenvalue weighted by molar-refractivity contribution is 7.13. The van der Waals surface area contributed by atoms with E-state index < -0.39 is 11.5 Å². The van der Waals surface area contributed by atoms with E-state index in [0.717, 1.165) is 16.1 Å². The van der Waals surface area contributed by atoms with Gasteiger partial charge in [-0.15, -0.1) is 11.3 Å². The monoisotopic (exact) mass is 332 g/mol. The largest absolute Gasteiger partial charge is 0.481 e. The lowest BCUT2D eigenvalue weighted by Crippen LogP contribution is -2.45. The van der Waals surface area contributed by atoms with Crippen LogP contribution in [0.15, 0.2) is 41.8 Å². The molecule has 0 aliphatic rings. The van der Waals surface area contributed by atoms with Gasteiger partial charge in [-0.25, -0.2) is 4.79 Å². The highest BCUT2D eigenvalue weighted by Gasteiger charge is 2.22. The van der Waals surface area contributed by atoms with Gasteiger partial charge in [-0.05, 0) is 37.8 Å². The van der Waals surface area contributed by atoms with Gasteiger partial charge >= 0.3 is 12.0 Å². The summed E-state index contributed by atoms with van der Waals surface area (Å²) in [5.74, 6) is -0.872. The molecule has 0 aliphatic carbocycles. The number of carboxylic acid groups (broad SMARTS) is 1. The highest BCUT2D eigenvalue weighted by atomic mass is 32.1. The fraction of sp³-hybridized carbons (Fsp3) is 0.294. The molecule has 0 bridgehead atoms. The number of nitrogens with one attached hydrogen (secondary N) is 2. The number of hydrogen-bond acceptors (Lipinski definition) is 3. The van der Waals surface area contributed by atoms with Crippen molar-refractivity contribution in [3.63, 3.8) is 0 Å². The molecular weight excluding hydrogens is 312 g/mol. The van der Waals surface area contributed by atoms with Crippen molar-refractivity contribution in [3.8, 4) is 10.4 Å². The minimum Gasteiger partial charge on any atom is -0.481 e. The standard InChI is InChI=1S/C17H20N2O3S/c1-17(2,10-9-15(20)21)19-16(22)18-13-7-4-3-6-12(13)14-8-5-11-23-14/h3-8,11H,9-10H2,1-2H3,(H,20,21)(H2,18,19,22). The summed E-state index contributed by atoms with van der Waals surface area (Å²) in [6, 6.07) is 11.2. The van der Waals surface area contributed by atoms with Crippen molar-refractivity contribution in [2.24, 2.45) is 0 Å². The van der Waals surface area contributed by atoms with Crippen molar-refractivity contribution in [1.82, 2.24) is 5.32 Å². The third-order valence-corrected chi connectivity index (χ3v) is 4.28. The summed E-state index contributed by atoms with van der Waals surface area (Å²) in [5.41, 5.74) is 1.09. The zero-order chi connectivity index (χ0) is 16.9. The van der Waals surface area contributed by atoms with Crippen LogP contribution in [-0.4, -0.2) is 22.6 Å². The molecule has 2 aromatic rings. The number of amides is 2. The summed E-state index contributed by atoms with van der Waals surface area (Å²) < 4.78 is 0. The van der Waals surface area contributed by atoms with Crippen LogP contribution in [0.2, 0.25) is 0 Å². The SMILES string of the molecule is CC(C)(CCC(=O)O)NC(=O)Nc1ccccc1-c1cccs1. The van der Waals surface area contributed by atoms with Crippen LogP contribution in [0.1, 0.15) is 26.7 Å². The van der Waals surface area contributed by atoms with E-state index >= 15 is 0 Å². The fourth-order valence-electron chi connectivity index (χ4n) is 2.18. The third kappa shape index (κ3) is 5.10. The molecule has 0 saturated heterocycles. The lowest BCUT2D eigenvalue weighted by molar-refractivity contribution is -0.137.